The van der Waals surface area contributed by atoms with Gasteiger partial charge in [-0.3, -0.25) is 9.88 Å². The summed E-state index contributed by atoms with van der Waals surface area (Å²) >= 11 is 0. The van der Waals surface area contributed by atoms with E-state index in [0.29, 0.717) is 12.6 Å². The van der Waals surface area contributed by atoms with Crippen LogP contribution in [0.25, 0.3) is 0 Å². The Hall–Kier alpha value is -1.44. The highest BCUT2D eigenvalue weighted by Crippen LogP contribution is 2.29. The van der Waals surface area contributed by atoms with Gasteiger partial charge in [0.25, 0.3) is 0 Å². The summed E-state index contributed by atoms with van der Waals surface area (Å²) in [5.74, 6) is 0.185. The highest BCUT2D eigenvalue weighted by Gasteiger charge is 2.28. The van der Waals surface area contributed by atoms with Crippen LogP contribution in [-0.4, -0.2) is 34.2 Å². The number of nitrogens with zero attached hydrogens (tertiary/aromatic N) is 3. The lowest BCUT2D eigenvalue weighted by Gasteiger charge is -2.28. The molecule has 0 aliphatic heterocycles. The van der Waals surface area contributed by atoms with Crippen LogP contribution in [0.3, 0.4) is 0 Å². The molecule has 18 heavy (non-hydrogen) atoms. The number of nitriles is 1. The van der Waals surface area contributed by atoms with Gasteiger partial charge in [0.1, 0.15) is 0 Å². The second-order valence-electron chi connectivity index (χ2n) is 4.85. The fourth-order valence-electron chi connectivity index (χ4n) is 2.65. The van der Waals surface area contributed by atoms with Gasteiger partial charge in [-0.2, -0.15) is 5.26 Å². The zero-order chi connectivity index (χ0) is 12.8. The van der Waals surface area contributed by atoms with Crippen LogP contribution in [-0.2, 0) is 6.54 Å². The number of aromatic nitrogens is 1. The number of rotatable bonds is 5. The van der Waals surface area contributed by atoms with Crippen molar-refractivity contribution in [2.75, 3.05) is 13.2 Å². The summed E-state index contributed by atoms with van der Waals surface area (Å²) in [6.45, 7) is 1.63. The third kappa shape index (κ3) is 3.28. The highest BCUT2D eigenvalue weighted by molar-refractivity contribution is 5.09. The average molecular weight is 245 g/mol. The molecule has 1 fully saturated rings. The van der Waals surface area contributed by atoms with Crippen LogP contribution in [0.1, 0.15) is 24.8 Å². The summed E-state index contributed by atoms with van der Waals surface area (Å²) in [7, 11) is 0. The van der Waals surface area contributed by atoms with Crippen LogP contribution in [0.4, 0.5) is 0 Å². The average Bonchev–Trinajstić information content (AvgIpc) is 2.88. The predicted octanol–water partition coefficient (Wildman–Crippen LogP) is 1.57. The van der Waals surface area contributed by atoms with Crippen molar-refractivity contribution in [3.05, 3.63) is 30.1 Å². The topological polar surface area (TPSA) is 60.2 Å². The van der Waals surface area contributed by atoms with Gasteiger partial charge >= 0.3 is 0 Å². The summed E-state index contributed by atoms with van der Waals surface area (Å²) in [5.41, 5.74) is 1.16. The number of hydrogen-bond acceptors (Lipinski definition) is 4. The molecule has 1 aliphatic carbocycles. The molecule has 96 valence electrons. The van der Waals surface area contributed by atoms with E-state index in [-0.39, 0.29) is 12.5 Å². The number of aliphatic hydroxyl groups excluding tert-OH is 1. The molecule has 4 heteroatoms. The van der Waals surface area contributed by atoms with Gasteiger partial charge in [0.2, 0.25) is 0 Å². The Bertz CT molecular complexity index is 401. The molecule has 1 aromatic heterocycles. The fourth-order valence-corrected chi connectivity index (χ4v) is 2.65. The minimum atomic E-state index is 0.161. The zero-order valence-corrected chi connectivity index (χ0v) is 10.5. The Morgan fingerprint density at radius 3 is 3.00 bits per heavy atom. The molecule has 1 N–H and O–H groups in total. The van der Waals surface area contributed by atoms with E-state index in [9.17, 15) is 5.11 Å². The van der Waals surface area contributed by atoms with Crippen LogP contribution in [0.15, 0.2) is 24.5 Å². The first-order valence-electron chi connectivity index (χ1n) is 6.47. The molecule has 1 heterocycles. The predicted molar refractivity (Wildman–Crippen MR) is 68.5 cm³/mol. The molecule has 0 amide bonds. The number of pyridine rings is 1. The summed E-state index contributed by atoms with van der Waals surface area (Å²) in [6.07, 6.45) is 6.59. The smallest absolute Gasteiger partial charge is 0.0656 e. The van der Waals surface area contributed by atoms with E-state index in [1.54, 1.807) is 6.20 Å². The van der Waals surface area contributed by atoms with Crippen LogP contribution in [0.5, 0.6) is 0 Å². The molecule has 0 radical (unpaired) electrons. The van der Waals surface area contributed by atoms with E-state index >= 15 is 0 Å². The van der Waals surface area contributed by atoms with Crippen molar-refractivity contribution in [1.82, 2.24) is 9.88 Å². The van der Waals surface area contributed by atoms with Gasteiger partial charge in [0.05, 0.1) is 12.7 Å². The first-order chi connectivity index (χ1) is 8.83. The lowest BCUT2D eigenvalue weighted by atomic mass is 10.1. The molecular formula is C14H19N3O. The second kappa shape index (κ2) is 6.48. The van der Waals surface area contributed by atoms with Gasteiger partial charge in [-0.15, -0.1) is 0 Å². The van der Waals surface area contributed by atoms with Crippen molar-refractivity contribution in [2.24, 2.45) is 5.92 Å². The van der Waals surface area contributed by atoms with Crippen LogP contribution in [0.2, 0.25) is 0 Å². The Labute approximate surface area is 108 Å². The maximum Gasteiger partial charge on any atom is 0.0656 e. The monoisotopic (exact) mass is 245 g/mol. The van der Waals surface area contributed by atoms with Gasteiger partial charge in [0.15, 0.2) is 0 Å². The van der Waals surface area contributed by atoms with E-state index in [0.717, 1.165) is 31.4 Å². The van der Waals surface area contributed by atoms with Crippen molar-refractivity contribution in [2.45, 2.75) is 31.8 Å². The molecule has 2 unspecified atom stereocenters. The Morgan fingerprint density at radius 2 is 2.39 bits per heavy atom. The quantitative estimate of drug-likeness (QED) is 0.855. The standard InChI is InChI=1S/C14H19N3O/c15-9-12-3-4-14(8-12)17(6-7-18)11-13-2-1-5-16-10-13/h1-2,5,10,12,14,18H,3-4,6-8,11H2. The molecule has 4 nitrogen and oxygen atoms in total. The first kappa shape index (κ1) is 13.0. The summed E-state index contributed by atoms with van der Waals surface area (Å²) in [4.78, 5) is 6.39. The molecule has 0 spiro atoms. The van der Waals surface area contributed by atoms with E-state index in [4.69, 9.17) is 5.26 Å². The van der Waals surface area contributed by atoms with Crippen molar-refractivity contribution in [3.63, 3.8) is 0 Å². The summed E-state index contributed by atoms with van der Waals surface area (Å²) < 4.78 is 0. The maximum atomic E-state index is 9.18. The minimum absolute atomic E-state index is 0.161. The van der Waals surface area contributed by atoms with Gasteiger partial charge in [-0.05, 0) is 30.9 Å². The molecule has 1 aromatic rings. The molecular weight excluding hydrogens is 226 g/mol. The Morgan fingerprint density at radius 1 is 1.50 bits per heavy atom. The van der Waals surface area contributed by atoms with Gasteiger partial charge < -0.3 is 5.11 Å². The number of hydrogen-bond donors (Lipinski definition) is 1. The largest absolute Gasteiger partial charge is 0.395 e. The van der Waals surface area contributed by atoms with Crippen molar-refractivity contribution in [1.29, 1.82) is 5.26 Å². The zero-order valence-electron chi connectivity index (χ0n) is 10.5. The molecule has 0 saturated heterocycles. The molecule has 0 bridgehead atoms. The third-order valence-corrected chi connectivity index (χ3v) is 3.60. The fraction of sp³-hybridized carbons (Fsp3) is 0.571. The van der Waals surface area contributed by atoms with E-state index < -0.39 is 0 Å². The van der Waals surface area contributed by atoms with Crippen LogP contribution in [0, 0.1) is 17.2 Å². The first-order valence-corrected chi connectivity index (χ1v) is 6.47. The lowest BCUT2D eigenvalue weighted by molar-refractivity contribution is 0.143. The normalized spacial score (nSPS) is 23.2. The molecule has 1 aliphatic rings. The third-order valence-electron chi connectivity index (χ3n) is 3.60. The Kier molecular flexibility index (Phi) is 4.68. The second-order valence-corrected chi connectivity index (χ2v) is 4.85. The van der Waals surface area contributed by atoms with Crippen LogP contribution < -0.4 is 0 Å². The van der Waals surface area contributed by atoms with Gasteiger partial charge in [0, 0.05) is 37.4 Å². The van der Waals surface area contributed by atoms with Gasteiger partial charge in [-0.1, -0.05) is 6.07 Å². The number of aliphatic hydroxyl groups is 1. The summed E-state index contributed by atoms with van der Waals surface area (Å²) in [5, 5.41) is 18.1. The maximum absolute atomic E-state index is 9.18. The van der Waals surface area contributed by atoms with Crippen molar-refractivity contribution < 1.29 is 5.11 Å². The highest BCUT2D eigenvalue weighted by atomic mass is 16.3. The Balaban J connectivity index is 1.98. The van der Waals surface area contributed by atoms with Crippen molar-refractivity contribution >= 4 is 0 Å². The molecule has 2 rings (SSSR count). The van der Waals surface area contributed by atoms with Crippen molar-refractivity contribution in [3.8, 4) is 6.07 Å². The van der Waals surface area contributed by atoms with E-state index in [1.807, 2.05) is 18.3 Å². The molecule has 1 saturated carbocycles. The molecule has 0 aromatic carbocycles. The summed E-state index contributed by atoms with van der Waals surface area (Å²) in [6, 6.07) is 6.75. The lowest BCUT2D eigenvalue weighted by Crippen LogP contribution is -2.35. The minimum Gasteiger partial charge on any atom is -0.395 e. The van der Waals surface area contributed by atoms with Gasteiger partial charge in [-0.25, -0.2) is 0 Å². The van der Waals surface area contributed by atoms with Crippen LogP contribution >= 0.6 is 0 Å². The van der Waals surface area contributed by atoms with E-state index in [2.05, 4.69) is 16.0 Å². The molecule has 2 atom stereocenters. The SMILES string of the molecule is N#CC1CCC(N(CCO)Cc2cccnc2)C1. The van der Waals surface area contributed by atoms with E-state index in [1.165, 1.54) is 0 Å².